The van der Waals surface area contributed by atoms with Crippen LogP contribution >= 0.6 is 0 Å². The van der Waals surface area contributed by atoms with Crippen LogP contribution in [0.5, 0.6) is 0 Å². The van der Waals surface area contributed by atoms with E-state index >= 15 is 0 Å². The van der Waals surface area contributed by atoms with Crippen LogP contribution < -0.4 is 5.73 Å². The molecule has 1 unspecified atom stereocenters. The molecule has 18 heavy (non-hydrogen) atoms. The van der Waals surface area contributed by atoms with Crippen molar-refractivity contribution < 1.29 is 14.3 Å². The molecule has 1 aliphatic heterocycles. The Labute approximate surface area is 107 Å². The average Bonchev–Trinajstić information content (AvgIpc) is 2.46. The third-order valence-electron chi connectivity index (χ3n) is 3.21. The number of benzene rings is 1. The van der Waals surface area contributed by atoms with E-state index in [9.17, 15) is 4.79 Å². The fraction of sp³-hybridized carbons (Fsp3) is 0.500. The number of esters is 1. The van der Waals surface area contributed by atoms with Gasteiger partial charge in [-0.3, -0.25) is 0 Å². The lowest BCUT2D eigenvalue weighted by Gasteiger charge is -2.22. The van der Waals surface area contributed by atoms with Crippen molar-refractivity contribution >= 4 is 5.97 Å². The number of rotatable bonds is 4. The molecule has 1 heterocycles. The zero-order valence-electron chi connectivity index (χ0n) is 10.4. The lowest BCUT2D eigenvalue weighted by molar-refractivity contribution is -0.147. The normalized spacial score (nSPS) is 18.3. The first kappa shape index (κ1) is 13.1. The first-order valence-electron chi connectivity index (χ1n) is 6.32. The van der Waals surface area contributed by atoms with Gasteiger partial charge in [0.15, 0.2) is 0 Å². The molecule has 0 aromatic heterocycles. The molecule has 4 heteroatoms. The predicted octanol–water partition coefficient (Wildman–Crippen LogP) is 1.66. The molecule has 0 amide bonds. The molecule has 1 aromatic rings. The molecule has 0 spiro atoms. The number of carbonyl (C=O) groups is 1. The van der Waals surface area contributed by atoms with E-state index in [4.69, 9.17) is 15.2 Å². The number of hydrogen-bond acceptors (Lipinski definition) is 4. The molecule has 1 aliphatic rings. The molecule has 2 rings (SSSR count). The molecular weight excluding hydrogens is 230 g/mol. The van der Waals surface area contributed by atoms with Gasteiger partial charge >= 0.3 is 5.97 Å². The zero-order valence-corrected chi connectivity index (χ0v) is 10.4. The van der Waals surface area contributed by atoms with Gasteiger partial charge in [-0.15, -0.1) is 0 Å². The summed E-state index contributed by atoms with van der Waals surface area (Å²) >= 11 is 0. The van der Waals surface area contributed by atoms with Gasteiger partial charge in [0, 0.05) is 13.2 Å². The van der Waals surface area contributed by atoms with E-state index < -0.39 is 6.04 Å². The number of hydrogen-bond donors (Lipinski definition) is 1. The van der Waals surface area contributed by atoms with Gasteiger partial charge in [0.05, 0.1) is 6.61 Å². The summed E-state index contributed by atoms with van der Waals surface area (Å²) in [5.41, 5.74) is 6.64. The maximum atomic E-state index is 11.8. The zero-order chi connectivity index (χ0) is 12.8. The minimum Gasteiger partial charge on any atom is -0.464 e. The van der Waals surface area contributed by atoms with Crippen LogP contribution in [0, 0.1) is 5.92 Å². The summed E-state index contributed by atoms with van der Waals surface area (Å²) in [6.07, 6.45) is 1.90. The van der Waals surface area contributed by atoms with E-state index in [-0.39, 0.29) is 5.97 Å². The molecule has 4 nitrogen and oxygen atoms in total. The molecule has 0 saturated carbocycles. The van der Waals surface area contributed by atoms with Gasteiger partial charge in [-0.2, -0.15) is 0 Å². The summed E-state index contributed by atoms with van der Waals surface area (Å²) < 4.78 is 10.5. The van der Waals surface area contributed by atoms with Crippen molar-refractivity contribution in [3.8, 4) is 0 Å². The standard InChI is InChI=1S/C14H19NO3/c15-13(12-4-2-1-3-5-12)14(16)18-10-11-6-8-17-9-7-11/h1-5,11,13H,6-10,15H2. The molecule has 2 N–H and O–H groups in total. The van der Waals surface area contributed by atoms with Crippen LogP contribution in [0.15, 0.2) is 30.3 Å². The Morgan fingerprint density at radius 1 is 1.33 bits per heavy atom. The molecule has 1 atom stereocenters. The van der Waals surface area contributed by atoms with Crippen LogP contribution in [-0.4, -0.2) is 25.8 Å². The Balaban J connectivity index is 1.80. The molecule has 0 aliphatic carbocycles. The highest BCUT2D eigenvalue weighted by Crippen LogP contribution is 2.17. The molecule has 0 bridgehead atoms. The number of ether oxygens (including phenoxy) is 2. The maximum Gasteiger partial charge on any atom is 0.327 e. The van der Waals surface area contributed by atoms with Gasteiger partial charge in [-0.25, -0.2) is 4.79 Å². The maximum absolute atomic E-state index is 11.8. The van der Waals surface area contributed by atoms with Crippen LogP contribution in [0.2, 0.25) is 0 Å². The molecule has 0 radical (unpaired) electrons. The van der Waals surface area contributed by atoms with Gasteiger partial charge in [0.2, 0.25) is 0 Å². The number of nitrogens with two attached hydrogens (primary N) is 1. The molecule has 1 fully saturated rings. The minimum absolute atomic E-state index is 0.354. The Hall–Kier alpha value is -1.39. The van der Waals surface area contributed by atoms with Crippen molar-refractivity contribution in [3.63, 3.8) is 0 Å². The van der Waals surface area contributed by atoms with Gasteiger partial charge in [0.25, 0.3) is 0 Å². The third kappa shape index (κ3) is 3.55. The average molecular weight is 249 g/mol. The lowest BCUT2D eigenvalue weighted by atomic mass is 10.0. The Morgan fingerprint density at radius 2 is 2.00 bits per heavy atom. The summed E-state index contributed by atoms with van der Waals surface area (Å²) in [5, 5.41) is 0. The Kier molecular flexibility index (Phi) is 4.73. The fourth-order valence-electron chi connectivity index (χ4n) is 2.00. The highest BCUT2D eigenvalue weighted by Gasteiger charge is 2.20. The predicted molar refractivity (Wildman–Crippen MR) is 67.9 cm³/mol. The molecule has 1 aromatic carbocycles. The van der Waals surface area contributed by atoms with E-state index in [0.29, 0.717) is 12.5 Å². The second-order valence-electron chi connectivity index (χ2n) is 4.57. The van der Waals surface area contributed by atoms with Gasteiger partial charge in [-0.05, 0) is 24.3 Å². The summed E-state index contributed by atoms with van der Waals surface area (Å²) in [4.78, 5) is 11.8. The van der Waals surface area contributed by atoms with Gasteiger partial charge < -0.3 is 15.2 Å². The smallest absolute Gasteiger partial charge is 0.327 e. The van der Waals surface area contributed by atoms with Crippen molar-refractivity contribution in [2.24, 2.45) is 11.7 Å². The quantitative estimate of drug-likeness (QED) is 0.824. The van der Waals surface area contributed by atoms with Crippen molar-refractivity contribution in [2.75, 3.05) is 19.8 Å². The van der Waals surface area contributed by atoms with E-state index in [1.54, 1.807) is 0 Å². The summed E-state index contributed by atoms with van der Waals surface area (Å²) in [5.74, 6) is 0.0540. The van der Waals surface area contributed by atoms with Crippen molar-refractivity contribution in [3.05, 3.63) is 35.9 Å². The van der Waals surface area contributed by atoms with Gasteiger partial charge in [-0.1, -0.05) is 30.3 Å². The van der Waals surface area contributed by atoms with Crippen molar-refractivity contribution in [2.45, 2.75) is 18.9 Å². The SMILES string of the molecule is NC(C(=O)OCC1CCOCC1)c1ccccc1. The van der Waals surface area contributed by atoms with Gasteiger partial charge in [0.1, 0.15) is 6.04 Å². The Bertz CT molecular complexity index is 374. The first-order chi connectivity index (χ1) is 8.77. The summed E-state index contributed by atoms with van der Waals surface area (Å²) in [6, 6.07) is 8.60. The minimum atomic E-state index is -0.689. The molecule has 98 valence electrons. The van der Waals surface area contributed by atoms with E-state index in [1.807, 2.05) is 30.3 Å². The topological polar surface area (TPSA) is 61.6 Å². The third-order valence-corrected chi connectivity index (χ3v) is 3.21. The first-order valence-corrected chi connectivity index (χ1v) is 6.32. The highest BCUT2D eigenvalue weighted by molar-refractivity contribution is 5.77. The van der Waals surface area contributed by atoms with Crippen LogP contribution in [0.4, 0.5) is 0 Å². The Morgan fingerprint density at radius 3 is 2.67 bits per heavy atom. The second-order valence-corrected chi connectivity index (χ2v) is 4.57. The van der Waals surface area contributed by atoms with Crippen LogP contribution in [0.1, 0.15) is 24.4 Å². The number of carbonyl (C=O) groups excluding carboxylic acids is 1. The van der Waals surface area contributed by atoms with Crippen molar-refractivity contribution in [1.29, 1.82) is 0 Å². The van der Waals surface area contributed by atoms with Crippen LogP contribution in [0.25, 0.3) is 0 Å². The lowest BCUT2D eigenvalue weighted by Crippen LogP contribution is -2.27. The fourth-order valence-corrected chi connectivity index (χ4v) is 2.00. The van der Waals surface area contributed by atoms with E-state index in [1.165, 1.54) is 0 Å². The van der Waals surface area contributed by atoms with Crippen LogP contribution in [-0.2, 0) is 14.3 Å². The summed E-state index contributed by atoms with van der Waals surface area (Å²) in [6.45, 7) is 1.96. The van der Waals surface area contributed by atoms with Crippen molar-refractivity contribution in [1.82, 2.24) is 0 Å². The van der Waals surface area contributed by atoms with E-state index in [0.717, 1.165) is 31.6 Å². The highest BCUT2D eigenvalue weighted by atomic mass is 16.5. The largest absolute Gasteiger partial charge is 0.464 e. The van der Waals surface area contributed by atoms with Crippen LogP contribution in [0.3, 0.4) is 0 Å². The molecule has 1 saturated heterocycles. The second kappa shape index (κ2) is 6.52. The monoisotopic (exact) mass is 249 g/mol. The van der Waals surface area contributed by atoms with E-state index in [2.05, 4.69) is 0 Å². The molecular formula is C14H19NO3. The summed E-state index contributed by atoms with van der Waals surface area (Å²) in [7, 11) is 0.